The summed E-state index contributed by atoms with van der Waals surface area (Å²) in [5.41, 5.74) is 0.545. The third kappa shape index (κ3) is 2.50. The minimum absolute atomic E-state index is 0.0928. The van der Waals surface area contributed by atoms with Crippen molar-refractivity contribution in [3.8, 4) is 0 Å². The lowest BCUT2D eigenvalue weighted by Crippen LogP contribution is -2.44. The van der Waals surface area contributed by atoms with E-state index in [0.29, 0.717) is 24.2 Å². The van der Waals surface area contributed by atoms with Crippen LogP contribution in [0.15, 0.2) is 29.1 Å². The van der Waals surface area contributed by atoms with Crippen LogP contribution in [0.25, 0.3) is 10.9 Å². The van der Waals surface area contributed by atoms with Gasteiger partial charge in [-0.3, -0.25) is 9.69 Å². The highest BCUT2D eigenvalue weighted by molar-refractivity contribution is 5.76. The van der Waals surface area contributed by atoms with E-state index in [1.807, 2.05) is 19.1 Å². The van der Waals surface area contributed by atoms with E-state index in [4.69, 9.17) is 4.74 Å². The van der Waals surface area contributed by atoms with Gasteiger partial charge in [-0.2, -0.15) is 4.68 Å². The molecule has 0 radical (unpaired) electrons. The molecule has 2 aromatic rings. The molecular weight excluding hydrogens is 244 g/mol. The number of nitrogens with zero attached hydrogens (tertiary/aromatic N) is 4. The van der Waals surface area contributed by atoms with Gasteiger partial charge >= 0.3 is 0 Å². The zero-order valence-electron chi connectivity index (χ0n) is 10.8. The molecule has 100 valence electrons. The maximum Gasteiger partial charge on any atom is 0.278 e. The number of hydrogen-bond acceptors (Lipinski definition) is 5. The van der Waals surface area contributed by atoms with Crippen molar-refractivity contribution >= 4 is 10.9 Å². The van der Waals surface area contributed by atoms with E-state index in [1.54, 1.807) is 12.1 Å². The van der Waals surface area contributed by atoms with E-state index in [2.05, 4.69) is 15.2 Å². The Hall–Kier alpha value is -1.79. The maximum absolute atomic E-state index is 12.3. The minimum atomic E-state index is -0.0928. The molecule has 1 aromatic heterocycles. The van der Waals surface area contributed by atoms with Gasteiger partial charge < -0.3 is 4.74 Å². The summed E-state index contributed by atoms with van der Waals surface area (Å²) in [5.74, 6) is 0. The van der Waals surface area contributed by atoms with Crippen molar-refractivity contribution in [3.63, 3.8) is 0 Å². The molecule has 6 heteroatoms. The Kier molecular flexibility index (Phi) is 3.27. The second-order valence-electron chi connectivity index (χ2n) is 4.81. The standard InChI is InChI=1S/C13H16N4O2/c1-10-8-16(6-7-19-10)9-17-13(18)11-4-2-3-5-12(11)14-15-17/h2-5,10H,6-9H2,1H3/t10-/m1/s1. The van der Waals surface area contributed by atoms with Crippen molar-refractivity contribution < 1.29 is 4.74 Å². The first-order valence-electron chi connectivity index (χ1n) is 6.40. The number of ether oxygens (including phenoxy) is 1. The maximum atomic E-state index is 12.3. The largest absolute Gasteiger partial charge is 0.376 e. The summed E-state index contributed by atoms with van der Waals surface area (Å²) in [6.45, 7) is 4.80. The summed E-state index contributed by atoms with van der Waals surface area (Å²) in [7, 11) is 0. The number of morpholine rings is 1. The lowest BCUT2D eigenvalue weighted by molar-refractivity contribution is -0.0313. The van der Waals surface area contributed by atoms with Crippen LogP contribution >= 0.6 is 0 Å². The fraction of sp³-hybridized carbons (Fsp3) is 0.462. The number of hydrogen-bond donors (Lipinski definition) is 0. The Balaban J connectivity index is 1.89. The van der Waals surface area contributed by atoms with Crippen molar-refractivity contribution in [1.82, 2.24) is 19.9 Å². The van der Waals surface area contributed by atoms with Crippen molar-refractivity contribution in [2.24, 2.45) is 0 Å². The first kappa shape index (κ1) is 12.3. The van der Waals surface area contributed by atoms with Crippen LogP contribution in [-0.2, 0) is 11.4 Å². The molecule has 6 nitrogen and oxygen atoms in total. The van der Waals surface area contributed by atoms with Crippen molar-refractivity contribution in [1.29, 1.82) is 0 Å². The monoisotopic (exact) mass is 260 g/mol. The van der Waals surface area contributed by atoms with Crippen LogP contribution in [0.3, 0.4) is 0 Å². The molecule has 0 spiro atoms. The van der Waals surface area contributed by atoms with Crippen LogP contribution in [0.1, 0.15) is 6.92 Å². The molecule has 2 heterocycles. The molecule has 1 fully saturated rings. The Morgan fingerprint density at radius 3 is 3.11 bits per heavy atom. The first-order chi connectivity index (χ1) is 9.24. The molecule has 0 amide bonds. The second-order valence-corrected chi connectivity index (χ2v) is 4.81. The van der Waals surface area contributed by atoms with Crippen LogP contribution in [0, 0.1) is 0 Å². The third-order valence-electron chi connectivity index (χ3n) is 3.29. The molecule has 0 bridgehead atoms. The van der Waals surface area contributed by atoms with E-state index in [1.165, 1.54) is 4.68 Å². The summed E-state index contributed by atoms with van der Waals surface area (Å²) >= 11 is 0. The van der Waals surface area contributed by atoms with Gasteiger partial charge in [0.2, 0.25) is 0 Å². The van der Waals surface area contributed by atoms with Gasteiger partial charge in [-0.05, 0) is 19.1 Å². The van der Waals surface area contributed by atoms with Gasteiger partial charge in [0.15, 0.2) is 0 Å². The van der Waals surface area contributed by atoms with Crippen LogP contribution in [-0.4, -0.2) is 45.7 Å². The lowest BCUT2D eigenvalue weighted by Gasteiger charge is -2.30. The molecule has 0 saturated carbocycles. The molecule has 1 saturated heterocycles. The summed E-state index contributed by atoms with van der Waals surface area (Å²) in [6, 6.07) is 7.27. The van der Waals surface area contributed by atoms with Crippen LogP contribution < -0.4 is 5.56 Å². The zero-order chi connectivity index (χ0) is 13.2. The number of rotatable bonds is 2. The SMILES string of the molecule is C[C@@H]1CN(Cn2nnc3ccccc3c2=O)CCO1. The molecule has 1 aliphatic heterocycles. The molecule has 0 aliphatic carbocycles. The number of aromatic nitrogens is 3. The number of fused-ring (bicyclic) bond motifs is 1. The predicted molar refractivity (Wildman–Crippen MR) is 70.8 cm³/mol. The molecule has 3 rings (SSSR count). The molecule has 1 aliphatic rings. The summed E-state index contributed by atoms with van der Waals surface area (Å²) in [6.07, 6.45) is 0.192. The lowest BCUT2D eigenvalue weighted by atomic mass is 10.2. The Morgan fingerprint density at radius 2 is 2.26 bits per heavy atom. The normalized spacial score (nSPS) is 20.8. The predicted octanol–water partition coefficient (Wildman–Crippen LogP) is 0.470. The smallest absolute Gasteiger partial charge is 0.278 e. The third-order valence-corrected chi connectivity index (χ3v) is 3.29. The fourth-order valence-electron chi connectivity index (χ4n) is 2.32. The second kappa shape index (κ2) is 5.07. The summed E-state index contributed by atoms with van der Waals surface area (Å²) in [5, 5.41) is 8.69. The quantitative estimate of drug-likeness (QED) is 0.785. The highest BCUT2D eigenvalue weighted by Crippen LogP contribution is 2.06. The van der Waals surface area contributed by atoms with Crippen LogP contribution in [0.4, 0.5) is 0 Å². The minimum Gasteiger partial charge on any atom is -0.376 e. The topological polar surface area (TPSA) is 60.2 Å². The van der Waals surface area contributed by atoms with Crippen LogP contribution in [0.5, 0.6) is 0 Å². The average Bonchev–Trinajstić information content (AvgIpc) is 2.42. The fourth-order valence-corrected chi connectivity index (χ4v) is 2.32. The Labute approximate surface area is 110 Å². The van der Waals surface area contributed by atoms with Gasteiger partial charge in [0.25, 0.3) is 5.56 Å². The first-order valence-corrected chi connectivity index (χ1v) is 6.40. The zero-order valence-corrected chi connectivity index (χ0v) is 10.8. The molecule has 0 N–H and O–H groups in total. The van der Waals surface area contributed by atoms with Gasteiger partial charge in [-0.25, -0.2) is 0 Å². The van der Waals surface area contributed by atoms with E-state index >= 15 is 0 Å². The highest BCUT2D eigenvalue weighted by Gasteiger charge is 2.17. The molecule has 0 unspecified atom stereocenters. The molecule has 1 atom stereocenters. The van der Waals surface area contributed by atoms with E-state index in [-0.39, 0.29) is 11.7 Å². The van der Waals surface area contributed by atoms with Gasteiger partial charge in [0.05, 0.1) is 24.8 Å². The van der Waals surface area contributed by atoms with Crippen molar-refractivity contribution in [2.75, 3.05) is 19.7 Å². The van der Waals surface area contributed by atoms with Gasteiger partial charge in [0.1, 0.15) is 5.52 Å². The summed E-state index contributed by atoms with van der Waals surface area (Å²) < 4.78 is 6.90. The van der Waals surface area contributed by atoms with Gasteiger partial charge in [-0.1, -0.05) is 17.3 Å². The van der Waals surface area contributed by atoms with Gasteiger partial charge in [0, 0.05) is 13.1 Å². The van der Waals surface area contributed by atoms with Crippen molar-refractivity contribution in [3.05, 3.63) is 34.6 Å². The average molecular weight is 260 g/mol. The molecule has 1 aromatic carbocycles. The van der Waals surface area contributed by atoms with E-state index < -0.39 is 0 Å². The van der Waals surface area contributed by atoms with Crippen LogP contribution in [0.2, 0.25) is 0 Å². The number of benzene rings is 1. The van der Waals surface area contributed by atoms with Gasteiger partial charge in [-0.15, -0.1) is 5.10 Å². The highest BCUT2D eigenvalue weighted by atomic mass is 16.5. The Morgan fingerprint density at radius 1 is 1.42 bits per heavy atom. The summed E-state index contributed by atoms with van der Waals surface area (Å²) in [4.78, 5) is 14.4. The van der Waals surface area contributed by atoms with E-state index in [0.717, 1.165) is 13.1 Å². The molecule has 19 heavy (non-hydrogen) atoms. The molecular formula is C13H16N4O2. The Bertz CT molecular complexity index is 640. The van der Waals surface area contributed by atoms with E-state index in [9.17, 15) is 4.79 Å². The van der Waals surface area contributed by atoms with Crippen molar-refractivity contribution in [2.45, 2.75) is 19.7 Å².